The SMILES string of the molecule is Cc1cc(S(C)(=O)=O)ncc1-c1cc(N2CCOC[C@H]2C)nc2c(C3CCNN3)nccc12. The molecular formula is C23H28N6O3S. The molecule has 174 valence electrons. The highest BCUT2D eigenvalue weighted by Gasteiger charge is 2.26. The summed E-state index contributed by atoms with van der Waals surface area (Å²) in [7, 11) is -3.39. The Kier molecular flexibility index (Phi) is 5.77. The largest absolute Gasteiger partial charge is 0.377 e. The van der Waals surface area contributed by atoms with Gasteiger partial charge in [-0.15, -0.1) is 0 Å². The van der Waals surface area contributed by atoms with Crippen LogP contribution in [0.15, 0.2) is 35.6 Å². The molecule has 0 spiro atoms. The van der Waals surface area contributed by atoms with E-state index in [-0.39, 0.29) is 17.1 Å². The zero-order valence-corrected chi connectivity index (χ0v) is 19.8. The number of ether oxygens (including phenoxy) is 1. The van der Waals surface area contributed by atoms with Gasteiger partial charge in [0, 0.05) is 42.7 Å². The fourth-order valence-electron chi connectivity index (χ4n) is 4.56. The van der Waals surface area contributed by atoms with E-state index in [9.17, 15) is 8.42 Å². The highest BCUT2D eigenvalue weighted by Crippen LogP contribution is 2.36. The first-order valence-electron chi connectivity index (χ1n) is 11.1. The van der Waals surface area contributed by atoms with Crippen LogP contribution in [-0.4, -0.2) is 62.0 Å². The van der Waals surface area contributed by atoms with E-state index in [4.69, 9.17) is 14.7 Å². The molecule has 0 aliphatic carbocycles. The molecular weight excluding hydrogens is 440 g/mol. The van der Waals surface area contributed by atoms with E-state index < -0.39 is 9.84 Å². The van der Waals surface area contributed by atoms with Crippen LogP contribution in [0.25, 0.3) is 22.0 Å². The Bertz CT molecular complexity index is 1310. The molecule has 2 aliphatic rings. The van der Waals surface area contributed by atoms with Crippen molar-refractivity contribution in [3.63, 3.8) is 0 Å². The number of anilines is 1. The van der Waals surface area contributed by atoms with E-state index in [0.717, 1.165) is 58.6 Å². The van der Waals surface area contributed by atoms with Crippen molar-refractivity contribution in [2.75, 3.05) is 37.5 Å². The van der Waals surface area contributed by atoms with Crippen LogP contribution in [0, 0.1) is 6.92 Å². The molecule has 0 aromatic carbocycles. The van der Waals surface area contributed by atoms with Gasteiger partial charge in [0.25, 0.3) is 0 Å². The van der Waals surface area contributed by atoms with E-state index >= 15 is 0 Å². The number of hydrazine groups is 1. The number of hydrogen-bond donors (Lipinski definition) is 2. The molecule has 0 amide bonds. The van der Waals surface area contributed by atoms with Gasteiger partial charge in [0.05, 0.1) is 36.5 Å². The number of aryl methyl sites for hydroxylation is 1. The van der Waals surface area contributed by atoms with Crippen LogP contribution in [0.3, 0.4) is 0 Å². The molecule has 2 N–H and O–H groups in total. The first-order valence-corrected chi connectivity index (χ1v) is 13.0. The van der Waals surface area contributed by atoms with Crippen LogP contribution in [-0.2, 0) is 14.6 Å². The molecule has 3 aromatic rings. The molecule has 0 saturated carbocycles. The average molecular weight is 469 g/mol. The molecule has 5 heterocycles. The Morgan fingerprint density at radius 1 is 1.21 bits per heavy atom. The van der Waals surface area contributed by atoms with E-state index in [1.54, 1.807) is 12.3 Å². The molecule has 2 atom stereocenters. The third-order valence-electron chi connectivity index (χ3n) is 6.32. The molecule has 0 bridgehead atoms. The monoisotopic (exact) mass is 468 g/mol. The topological polar surface area (TPSA) is 109 Å². The first-order chi connectivity index (χ1) is 15.8. The molecule has 2 saturated heterocycles. The number of morpholine rings is 1. The quantitative estimate of drug-likeness (QED) is 0.595. The number of nitrogens with one attached hydrogen (secondary N) is 2. The lowest BCUT2D eigenvalue weighted by Crippen LogP contribution is -2.44. The predicted molar refractivity (Wildman–Crippen MR) is 127 cm³/mol. The van der Waals surface area contributed by atoms with E-state index in [2.05, 4.69) is 33.7 Å². The standard InChI is InChI=1S/C23H28N6O3S/c1-14-10-21(33(3,30)31)25-12-18(14)17-11-20(29-8-9-32-13-15(29)2)27-22-16(17)4-6-24-23(22)19-5-7-26-28-19/h4,6,10-12,15,19,26,28H,5,7-9,13H2,1-3H3/t15-,19?/m1/s1. The summed E-state index contributed by atoms with van der Waals surface area (Å²) in [6.45, 7) is 6.96. The second kappa shape index (κ2) is 8.60. The lowest BCUT2D eigenvalue weighted by Gasteiger charge is -2.35. The summed E-state index contributed by atoms with van der Waals surface area (Å²) in [5.74, 6) is 0.861. The maximum atomic E-state index is 12.0. The normalized spacial score (nSPS) is 21.6. The summed E-state index contributed by atoms with van der Waals surface area (Å²) in [6.07, 6.45) is 5.57. The third kappa shape index (κ3) is 4.19. The Balaban J connectivity index is 1.74. The smallest absolute Gasteiger partial charge is 0.192 e. The number of sulfone groups is 1. The highest BCUT2D eigenvalue weighted by atomic mass is 32.2. The molecule has 2 aliphatic heterocycles. The summed E-state index contributed by atoms with van der Waals surface area (Å²) >= 11 is 0. The van der Waals surface area contributed by atoms with Crippen molar-refractivity contribution in [1.29, 1.82) is 0 Å². The van der Waals surface area contributed by atoms with Crippen molar-refractivity contribution in [1.82, 2.24) is 25.8 Å². The summed E-state index contributed by atoms with van der Waals surface area (Å²) in [5, 5.41) is 1.04. The minimum absolute atomic E-state index is 0.0678. The molecule has 5 rings (SSSR count). The van der Waals surface area contributed by atoms with Crippen LogP contribution < -0.4 is 15.8 Å². The first kappa shape index (κ1) is 22.1. The van der Waals surface area contributed by atoms with Gasteiger partial charge in [-0.3, -0.25) is 10.4 Å². The molecule has 33 heavy (non-hydrogen) atoms. The zero-order valence-electron chi connectivity index (χ0n) is 19.0. The summed E-state index contributed by atoms with van der Waals surface area (Å²) in [5.41, 5.74) is 10.9. The lowest BCUT2D eigenvalue weighted by molar-refractivity contribution is 0.0986. The summed E-state index contributed by atoms with van der Waals surface area (Å²) in [6, 6.07) is 5.95. The van der Waals surface area contributed by atoms with Gasteiger partial charge < -0.3 is 9.64 Å². The van der Waals surface area contributed by atoms with Gasteiger partial charge >= 0.3 is 0 Å². The van der Waals surface area contributed by atoms with Gasteiger partial charge in [-0.2, -0.15) is 0 Å². The van der Waals surface area contributed by atoms with Crippen molar-refractivity contribution in [2.24, 2.45) is 0 Å². The number of aromatic nitrogens is 3. The fourth-order valence-corrected chi connectivity index (χ4v) is 5.19. The third-order valence-corrected chi connectivity index (χ3v) is 7.31. The second-order valence-electron chi connectivity index (χ2n) is 8.76. The predicted octanol–water partition coefficient (Wildman–Crippen LogP) is 2.17. The van der Waals surface area contributed by atoms with Crippen LogP contribution in [0.2, 0.25) is 0 Å². The molecule has 2 fully saturated rings. The molecule has 0 radical (unpaired) electrons. The van der Waals surface area contributed by atoms with Gasteiger partial charge in [0.1, 0.15) is 5.82 Å². The number of fused-ring (bicyclic) bond motifs is 1. The van der Waals surface area contributed by atoms with Crippen LogP contribution in [0.5, 0.6) is 0 Å². The minimum Gasteiger partial charge on any atom is -0.377 e. The summed E-state index contributed by atoms with van der Waals surface area (Å²) < 4.78 is 29.7. The zero-order chi connectivity index (χ0) is 23.2. The van der Waals surface area contributed by atoms with Crippen molar-refractivity contribution < 1.29 is 13.2 Å². The van der Waals surface area contributed by atoms with Gasteiger partial charge in [-0.25, -0.2) is 23.8 Å². The molecule has 1 unspecified atom stereocenters. The highest BCUT2D eigenvalue weighted by molar-refractivity contribution is 7.90. The average Bonchev–Trinajstić information content (AvgIpc) is 3.32. The number of hydrogen-bond acceptors (Lipinski definition) is 9. The van der Waals surface area contributed by atoms with Crippen molar-refractivity contribution in [3.05, 3.63) is 41.9 Å². The van der Waals surface area contributed by atoms with Crippen molar-refractivity contribution in [3.8, 4) is 11.1 Å². The Hall–Kier alpha value is -2.66. The van der Waals surface area contributed by atoms with Gasteiger partial charge in [-0.1, -0.05) is 0 Å². The minimum atomic E-state index is -3.39. The van der Waals surface area contributed by atoms with Crippen LogP contribution in [0.1, 0.15) is 30.6 Å². The van der Waals surface area contributed by atoms with Gasteiger partial charge in [0.15, 0.2) is 14.9 Å². The summed E-state index contributed by atoms with van der Waals surface area (Å²) in [4.78, 5) is 16.3. The number of pyridine rings is 3. The Morgan fingerprint density at radius 3 is 2.76 bits per heavy atom. The van der Waals surface area contributed by atoms with E-state index in [0.29, 0.717) is 13.2 Å². The fraction of sp³-hybridized carbons (Fsp3) is 0.435. The number of rotatable bonds is 4. The second-order valence-corrected chi connectivity index (χ2v) is 10.7. The molecule has 3 aromatic heterocycles. The molecule has 9 nitrogen and oxygen atoms in total. The lowest BCUT2D eigenvalue weighted by atomic mass is 9.97. The maximum Gasteiger partial charge on any atom is 0.192 e. The van der Waals surface area contributed by atoms with Gasteiger partial charge in [0.2, 0.25) is 0 Å². The Morgan fingerprint density at radius 2 is 2.06 bits per heavy atom. The number of nitrogens with zero attached hydrogens (tertiary/aromatic N) is 4. The van der Waals surface area contributed by atoms with Crippen molar-refractivity contribution in [2.45, 2.75) is 37.4 Å². The van der Waals surface area contributed by atoms with E-state index in [1.165, 1.54) is 6.26 Å². The van der Waals surface area contributed by atoms with Crippen LogP contribution in [0.4, 0.5) is 5.82 Å². The van der Waals surface area contributed by atoms with E-state index in [1.807, 2.05) is 19.2 Å². The van der Waals surface area contributed by atoms with Crippen LogP contribution >= 0.6 is 0 Å². The van der Waals surface area contributed by atoms with Crippen molar-refractivity contribution >= 4 is 26.6 Å². The Labute approximate surface area is 193 Å². The van der Waals surface area contributed by atoms with Gasteiger partial charge in [-0.05, 0) is 49.6 Å². The maximum absolute atomic E-state index is 12.0. The molecule has 10 heteroatoms.